The Balaban J connectivity index is 0.000000779. The standard InChI is InChI=1S/C21H32P.C17H24P.2ClH.Hf/c1-3-5-7-11-15-22(16-12-8-6-4-2)21-17-19-13-9-10-14-20(19)18-21;1-13(2)11-18(12-14(3)4)17-9-15-7-5-6-8-16(15)10-17;;;/h9-10,13-14,17-18H,3-8,11-12,15-16H2,1-2H3;5-10,13-14H,11-12H2,1-4H3;2*1H;/q2*-1;;;+4/p-2. The average Bonchev–Trinajstić information content (AvgIpc) is 3.56. The van der Waals surface area contributed by atoms with Crippen molar-refractivity contribution >= 4 is 48.0 Å². The van der Waals surface area contributed by atoms with Crippen LogP contribution in [0.1, 0.15) is 92.9 Å². The molecule has 0 aliphatic rings. The van der Waals surface area contributed by atoms with E-state index in [0.717, 1.165) is 11.8 Å². The van der Waals surface area contributed by atoms with Gasteiger partial charge in [-0.1, -0.05) is 108 Å². The first-order chi connectivity index (χ1) is 19.4. The van der Waals surface area contributed by atoms with Gasteiger partial charge in [0, 0.05) is 0 Å². The van der Waals surface area contributed by atoms with Crippen molar-refractivity contribution in [2.75, 3.05) is 24.6 Å². The molecule has 5 heteroatoms. The van der Waals surface area contributed by atoms with Crippen LogP contribution in [0.15, 0.2) is 72.8 Å². The zero-order valence-corrected chi connectivity index (χ0v) is 34.6. The Labute approximate surface area is 298 Å². The summed E-state index contributed by atoms with van der Waals surface area (Å²) in [6, 6.07) is 27.4. The molecule has 0 unspecified atom stereocenters. The van der Waals surface area contributed by atoms with Crippen molar-refractivity contribution in [3.63, 3.8) is 0 Å². The predicted octanol–water partition coefficient (Wildman–Crippen LogP) is 5.81. The molecule has 4 aromatic carbocycles. The van der Waals surface area contributed by atoms with Gasteiger partial charge >= 0.3 is 25.8 Å². The minimum atomic E-state index is 0. The van der Waals surface area contributed by atoms with Gasteiger partial charge in [-0.3, -0.25) is 0 Å². The zero-order chi connectivity index (χ0) is 28.7. The summed E-state index contributed by atoms with van der Waals surface area (Å²) in [4.78, 5) is 0. The van der Waals surface area contributed by atoms with Crippen molar-refractivity contribution in [3.05, 3.63) is 72.8 Å². The molecular formula is C38H56Cl2HfP2. The van der Waals surface area contributed by atoms with Crippen molar-refractivity contribution in [2.45, 2.75) is 92.9 Å². The van der Waals surface area contributed by atoms with Crippen molar-refractivity contribution in [2.24, 2.45) is 11.8 Å². The van der Waals surface area contributed by atoms with E-state index in [1.807, 2.05) is 0 Å². The second kappa shape index (κ2) is 24.2. The van der Waals surface area contributed by atoms with Gasteiger partial charge in [-0.25, -0.2) is 0 Å². The summed E-state index contributed by atoms with van der Waals surface area (Å²) >= 11 is 0. The van der Waals surface area contributed by atoms with Crippen molar-refractivity contribution in [1.82, 2.24) is 0 Å². The minimum Gasteiger partial charge on any atom is -1.00 e. The summed E-state index contributed by atoms with van der Waals surface area (Å²) in [7, 11) is 0.0827. The molecule has 4 rings (SSSR count). The van der Waals surface area contributed by atoms with Gasteiger partial charge in [-0.05, 0) is 49.3 Å². The van der Waals surface area contributed by atoms with Gasteiger partial charge in [0.1, 0.15) is 0 Å². The van der Waals surface area contributed by atoms with Gasteiger partial charge in [0.05, 0.1) is 0 Å². The number of halogens is 2. The van der Waals surface area contributed by atoms with Crippen LogP contribution in [-0.4, -0.2) is 24.6 Å². The Bertz CT molecular complexity index is 1140. The van der Waals surface area contributed by atoms with Crippen LogP contribution in [-0.2, 0) is 25.8 Å². The van der Waals surface area contributed by atoms with E-state index in [2.05, 4.69) is 114 Å². The van der Waals surface area contributed by atoms with Crippen molar-refractivity contribution < 1.29 is 50.7 Å². The Morgan fingerprint density at radius 2 is 0.953 bits per heavy atom. The summed E-state index contributed by atoms with van der Waals surface area (Å²) in [6.07, 6.45) is 16.8. The van der Waals surface area contributed by atoms with Crippen LogP contribution < -0.4 is 35.4 Å². The number of rotatable bonds is 16. The Kier molecular flexibility index (Phi) is 24.2. The first-order valence-electron chi connectivity index (χ1n) is 16.2. The maximum Gasteiger partial charge on any atom is 4.00 e. The Morgan fingerprint density at radius 3 is 1.33 bits per heavy atom. The summed E-state index contributed by atoms with van der Waals surface area (Å²) in [5.74, 6) is 1.60. The van der Waals surface area contributed by atoms with E-state index in [1.165, 1.54) is 97.6 Å². The number of hydrogen-bond acceptors (Lipinski definition) is 0. The summed E-state index contributed by atoms with van der Waals surface area (Å²) in [5.41, 5.74) is 0. The molecule has 0 radical (unpaired) electrons. The van der Waals surface area contributed by atoms with Gasteiger partial charge in [0.15, 0.2) is 0 Å². The fourth-order valence-electron chi connectivity index (χ4n) is 5.63. The van der Waals surface area contributed by atoms with Crippen LogP contribution in [0, 0.1) is 11.8 Å². The third kappa shape index (κ3) is 15.4. The largest absolute Gasteiger partial charge is 4.00 e. The third-order valence-corrected chi connectivity index (χ3v) is 13.7. The molecule has 0 atom stereocenters. The van der Waals surface area contributed by atoms with Crippen LogP contribution >= 0.6 is 15.8 Å². The quantitative estimate of drug-likeness (QED) is 0.0580. The molecule has 0 aromatic heterocycles. The van der Waals surface area contributed by atoms with Crippen molar-refractivity contribution in [1.29, 1.82) is 0 Å². The maximum absolute atomic E-state index is 2.47. The van der Waals surface area contributed by atoms with E-state index in [0.29, 0.717) is 0 Å². The van der Waals surface area contributed by atoms with E-state index >= 15 is 0 Å². The average molecular weight is 824 g/mol. The molecule has 4 aromatic rings. The number of benzene rings is 2. The fraction of sp³-hybridized carbons (Fsp3) is 0.526. The molecule has 43 heavy (non-hydrogen) atoms. The van der Waals surface area contributed by atoms with Gasteiger partial charge in [0.25, 0.3) is 0 Å². The number of hydrogen-bond donors (Lipinski definition) is 0. The maximum atomic E-state index is 2.47. The zero-order valence-electron chi connectivity index (χ0n) is 27.7. The topological polar surface area (TPSA) is 0 Å². The molecule has 0 saturated heterocycles. The van der Waals surface area contributed by atoms with E-state index in [-0.39, 0.29) is 66.5 Å². The fourth-order valence-corrected chi connectivity index (χ4v) is 11.2. The molecule has 0 aliphatic heterocycles. The van der Waals surface area contributed by atoms with Gasteiger partial charge in [-0.15, -0.1) is 80.7 Å². The van der Waals surface area contributed by atoms with Gasteiger partial charge < -0.3 is 24.8 Å². The molecule has 0 nitrogen and oxygen atoms in total. The SMILES string of the molecule is CC(C)CP(CC(C)C)c1cc2ccccc2[cH-]1.CCCCCCP(CCCCCC)c1cc2ccccc2[cH-]1.[Cl-].[Cl-].[Hf+4]. The van der Waals surface area contributed by atoms with Crippen LogP contribution in [0.3, 0.4) is 0 Å². The molecule has 0 amide bonds. The van der Waals surface area contributed by atoms with Gasteiger partial charge in [0.2, 0.25) is 0 Å². The summed E-state index contributed by atoms with van der Waals surface area (Å²) in [6.45, 7) is 14.0. The molecule has 0 aliphatic carbocycles. The molecule has 0 fully saturated rings. The first-order valence-corrected chi connectivity index (χ1v) is 19.6. The van der Waals surface area contributed by atoms with E-state index in [1.54, 1.807) is 10.6 Å². The van der Waals surface area contributed by atoms with Crippen LogP contribution in [0.5, 0.6) is 0 Å². The third-order valence-electron chi connectivity index (χ3n) is 7.67. The van der Waals surface area contributed by atoms with Crippen LogP contribution in [0.25, 0.3) is 21.5 Å². The minimum absolute atomic E-state index is 0. The molecule has 0 spiro atoms. The predicted molar refractivity (Wildman–Crippen MR) is 190 cm³/mol. The van der Waals surface area contributed by atoms with Gasteiger partial charge in [-0.2, -0.15) is 12.1 Å². The molecule has 0 bridgehead atoms. The van der Waals surface area contributed by atoms with E-state index in [4.69, 9.17) is 0 Å². The second-order valence-corrected chi connectivity index (χ2v) is 17.3. The van der Waals surface area contributed by atoms with Crippen LogP contribution in [0.4, 0.5) is 0 Å². The molecule has 0 saturated carbocycles. The van der Waals surface area contributed by atoms with Crippen LogP contribution in [0.2, 0.25) is 0 Å². The molecular weight excluding hydrogens is 768 g/mol. The summed E-state index contributed by atoms with van der Waals surface area (Å²) in [5, 5.41) is 8.96. The Hall–Kier alpha value is -0.0299. The number of unbranched alkanes of at least 4 members (excludes halogenated alkanes) is 6. The first kappa shape index (κ1) is 43.0. The normalized spacial score (nSPS) is 11.0. The number of fused-ring (bicyclic) bond motifs is 2. The second-order valence-electron chi connectivity index (χ2n) is 12.5. The smallest absolute Gasteiger partial charge is 1.00 e. The molecule has 236 valence electrons. The van der Waals surface area contributed by atoms with Crippen molar-refractivity contribution in [3.8, 4) is 0 Å². The van der Waals surface area contributed by atoms with E-state index in [9.17, 15) is 0 Å². The van der Waals surface area contributed by atoms with E-state index < -0.39 is 0 Å². The molecule has 0 heterocycles. The summed E-state index contributed by atoms with van der Waals surface area (Å²) < 4.78 is 0. The Morgan fingerprint density at radius 1 is 0.558 bits per heavy atom. The molecule has 0 N–H and O–H groups in total. The monoisotopic (exact) mass is 824 g/mol.